The fraction of sp³-hybridized carbons (Fsp3) is 0.375. The molecule has 1 aromatic heterocycles. The third-order valence-corrected chi connectivity index (χ3v) is 5.84. The summed E-state index contributed by atoms with van der Waals surface area (Å²) in [5.41, 5.74) is 2.35. The van der Waals surface area contributed by atoms with Crippen molar-refractivity contribution in [2.45, 2.75) is 45.3 Å². The van der Waals surface area contributed by atoms with Gasteiger partial charge in [-0.2, -0.15) is 13.2 Å². The van der Waals surface area contributed by atoms with Gasteiger partial charge >= 0.3 is 12.1 Å². The van der Waals surface area contributed by atoms with Crippen molar-refractivity contribution in [1.82, 2.24) is 14.9 Å². The fourth-order valence-electron chi connectivity index (χ4n) is 4.06. The highest BCUT2D eigenvalue weighted by Gasteiger charge is 2.39. The van der Waals surface area contributed by atoms with Crippen LogP contribution in [0, 0.1) is 12.8 Å². The minimum Gasteiger partial charge on any atom is -0.426 e. The molecular weight excluding hydrogens is 435 g/mol. The van der Waals surface area contributed by atoms with Crippen LogP contribution in [0.5, 0.6) is 0 Å². The zero-order valence-corrected chi connectivity index (χ0v) is 18.3. The number of aromatic amines is 1. The molecule has 0 saturated heterocycles. The van der Waals surface area contributed by atoms with E-state index in [1.807, 2.05) is 25.1 Å². The number of hydrogen-bond donors (Lipinski definition) is 1. The first kappa shape index (κ1) is 22.8. The number of imidazole rings is 1. The van der Waals surface area contributed by atoms with E-state index in [1.165, 1.54) is 17.1 Å². The highest BCUT2D eigenvalue weighted by Crippen LogP contribution is 2.39. The molecule has 0 fully saturated rings. The molecule has 1 unspecified atom stereocenters. The van der Waals surface area contributed by atoms with E-state index in [4.69, 9.17) is 4.74 Å². The van der Waals surface area contributed by atoms with Gasteiger partial charge in [0.05, 0.1) is 23.5 Å². The molecule has 1 N–H and O–H groups in total. The molecule has 0 radical (unpaired) electrons. The van der Waals surface area contributed by atoms with E-state index in [0.29, 0.717) is 18.8 Å². The molecule has 2 heterocycles. The number of hydrogen-bond acceptors (Lipinski definition) is 4. The highest BCUT2D eigenvalue weighted by molar-refractivity contribution is 5.83. The number of alkyl halides is 3. The zero-order chi connectivity index (χ0) is 23.8. The SMILES string of the molecule is Cc1ccc2nc(CN(C)C(=O)CCCC3C(=O)OC4=C3C=C(C(F)(F)F)CC=C4)[nH]c2c1. The molecule has 1 aliphatic heterocycles. The van der Waals surface area contributed by atoms with Crippen molar-refractivity contribution < 1.29 is 27.5 Å². The monoisotopic (exact) mass is 459 g/mol. The van der Waals surface area contributed by atoms with Crippen LogP contribution in [-0.2, 0) is 20.9 Å². The third kappa shape index (κ3) is 5.02. The second-order valence-electron chi connectivity index (χ2n) is 8.41. The predicted octanol–water partition coefficient (Wildman–Crippen LogP) is 4.88. The topological polar surface area (TPSA) is 75.3 Å². The summed E-state index contributed by atoms with van der Waals surface area (Å²) in [6.07, 6.45) is -0.238. The maximum atomic E-state index is 13.2. The van der Waals surface area contributed by atoms with Crippen LogP contribution in [0.25, 0.3) is 11.0 Å². The lowest BCUT2D eigenvalue weighted by Crippen LogP contribution is -2.26. The van der Waals surface area contributed by atoms with E-state index in [0.717, 1.165) is 22.7 Å². The van der Waals surface area contributed by atoms with Crippen LogP contribution >= 0.6 is 0 Å². The Morgan fingerprint density at radius 2 is 2.12 bits per heavy atom. The van der Waals surface area contributed by atoms with Crippen LogP contribution in [0.2, 0.25) is 0 Å². The van der Waals surface area contributed by atoms with Gasteiger partial charge in [0.1, 0.15) is 11.6 Å². The van der Waals surface area contributed by atoms with Gasteiger partial charge in [0, 0.05) is 24.6 Å². The first-order chi connectivity index (χ1) is 15.6. The summed E-state index contributed by atoms with van der Waals surface area (Å²) in [6.45, 7) is 2.29. The van der Waals surface area contributed by atoms with Gasteiger partial charge in [-0.15, -0.1) is 0 Å². The van der Waals surface area contributed by atoms with Crippen LogP contribution in [0.15, 0.2) is 53.3 Å². The van der Waals surface area contributed by atoms with E-state index in [2.05, 4.69) is 9.97 Å². The summed E-state index contributed by atoms with van der Waals surface area (Å²) in [6, 6.07) is 5.86. The Morgan fingerprint density at radius 3 is 2.88 bits per heavy atom. The number of ether oxygens (including phenoxy) is 1. The number of carbonyl (C=O) groups excluding carboxylic acids is 2. The van der Waals surface area contributed by atoms with Gasteiger partial charge in [-0.05, 0) is 56.0 Å². The first-order valence-electron chi connectivity index (χ1n) is 10.7. The standard InChI is InChI=1S/C24H24F3N3O3/c1-14-9-10-18-19(11-14)29-21(28-18)13-30(2)22(31)8-4-6-16-17-12-15(24(25,26)27)5-3-7-20(17)33-23(16)32/h3,7,9-12,16H,4-6,8,13H2,1-2H3,(H,28,29). The molecule has 1 aromatic carbocycles. The number of nitrogens with one attached hydrogen (secondary N) is 1. The number of amides is 1. The Kier molecular flexibility index (Phi) is 6.14. The molecule has 0 bridgehead atoms. The normalized spacial score (nSPS) is 18.3. The summed E-state index contributed by atoms with van der Waals surface area (Å²) in [5, 5.41) is 0. The van der Waals surface area contributed by atoms with E-state index in [1.54, 1.807) is 7.05 Å². The third-order valence-electron chi connectivity index (χ3n) is 5.84. The second-order valence-corrected chi connectivity index (χ2v) is 8.41. The Balaban J connectivity index is 1.35. The van der Waals surface area contributed by atoms with Gasteiger partial charge in [0.25, 0.3) is 0 Å². The van der Waals surface area contributed by atoms with Gasteiger partial charge in [0.2, 0.25) is 5.91 Å². The van der Waals surface area contributed by atoms with Crippen molar-refractivity contribution in [2.24, 2.45) is 5.92 Å². The quantitative estimate of drug-likeness (QED) is 0.625. The number of H-pyrrole nitrogens is 1. The van der Waals surface area contributed by atoms with Crippen molar-refractivity contribution in [3.05, 3.63) is 64.7 Å². The first-order valence-corrected chi connectivity index (χ1v) is 10.7. The molecule has 0 saturated carbocycles. The van der Waals surface area contributed by atoms with Crippen LogP contribution in [-0.4, -0.2) is 40.0 Å². The van der Waals surface area contributed by atoms with Gasteiger partial charge in [0.15, 0.2) is 0 Å². The molecule has 2 aliphatic rings. The number of halogens is 3. The van der Waals surface area contributed by atoms with Gasteiger partial charge < -0.3 is 14.6 Å². The van der Waals surface area contributed by atoms with Crippen LogP contribution in [0.4, 0.5) is 13.2 Å². The number of benzene rings is 1. The molecule has 6 nitrogen and oxygen atoms in total. The van der Waals surface area contributed by atoms with Crippen molar-refractivity contribution in [3.8, 4) is 0 Å². The molecule has 1 aliphatic carbocycles. The summed E-state index contributed by atoms with van der Waals surface area (Å²) in [4.78, 5) is 34.1. The van der Waals surface area contributed by atoms with Crippen LogP contribution in [0.3, 0.4) is 0 Å². The second kappa shape index (κ2) is 8.88. The molecule has 4 rings (SSSR count). The van der Waals surface area contributed by atoms with E-state index >= 15 is 0 Å². The molecular formula is C24H24F3N3O3. The van der Waals surface area contributed by atoms with Gasteiger partial charge in [-0.25, -0.2) is 4.98 Å². The summed E-state index contributed by atoms with van der Waals surface area (Å²) in [5.74, 6) is -0.706. The van der Waals surface area contributed by atoms with Crippen molar-refractivity contribution >= 4 is 22.9 Å². The predicted molar refractivity (Wildman–Crippen MR) is 116 cm³/mol. The highest BCUT2D eigenvalue weighted by atomic mass is 19.4. The number of nitrogens with zero attached hydrogens (tertiary/aromatic N) is 2. The van der Waals surface area contributed by atoms with Crippen LogP contribution in [0.1, 0.15) is 37.1 Å². The fourth-order valence-corrected chi connectivity index (χ4v) is 4.06. The number of fused-ring (bicyclic) bond motifs is 1. The average molecular weight is 459 g/mol. The molecule has 174 valence electrons. The van der Waals surface area contributed by atoms with Gasteiger partial charge in [-0.3, -0.25) is 9.59 Å². The zero-order valence-electron chi connectivity index (χ0n) is 18.3. The number of esters is 1. The number of rotatable bonds is 6. The lowest BCUT2D eigenvalue weighted by Gasteiger charge is -2.16. The average Bonchev–Trinajstić information content (AvgIpc) is 3.17. The van der Waals surface area contributed by atoms with E-state index in [-0.39, 0.29) is 36.5 Å². The molecule has 1 amide bonds. The molecule has 2 aromatic rings. The lowest BCUT2D eigenvalue weighted by molar-refractivity contribution is -0.140. The smallest absolute Gasteiger partial charge is 0.413 e. The van der Waals surface area contributed by atoms with Crippen LogP contribution < -0.4 is 0 Å². The number of allylic oxidation sites excluding steroid dienone is 4. The Hall–Kier alpha value is -3.36. The maximum absolute atomic E-state index is 13.2. The molecule has 0 spiro atoms. The Bertz CT molecular complexity index is 1190. The number of carbonyl (C=O) groups is 2. The van der Waals surface area contributed by atoms with Crippen molar-refractivity contribution in [1.29, 1.82) is 0 Å². The van der Waals surface area contributed by atoms with E-state index < -0.39 is 23.6 Å². The Labute approximate surface area is 188 Å². The minimum absolute atomic E-state index is 0.139. The maximum Gasteiger partial charge on any atom is 0.413 e. The summed E-state index contributed by atoms with van der Waals surface area (Å²) in [7, 11) is 1.67. The Morgan fingerprint density at radius 1 is 1.33 bits per heavy atom. The van der Waals surface area contributed by atoms with Gasteiger partial charge in [-0.1, -0.05) is 12.1 Å². The summed E-state index contributed by atoms with van der Waals surface area (Å²) < 4.78 is 44.8. The molecule has 9 heteroatoms. The lowest BCUT2D eigenvalue weighted by atomic mass is 9.92. The molecule has 1 atom stereocenters. The van der Waals surface area contributed by atoms with Crippen molar-refractivity contribution in [2.75, 3.05) is 7.05 Å². The number of aryl methyl sites for hydroxylation is 1. The largest absolute Gasteiger partial charge is 0.426 e. The minimum atomic E-state index is -4.48. The summed E-state index contributed by atoms with van der Waals surface area (Å²) >= 11 is 0. The van der Waals surface area contributed by atoms with Crippen molar-refractivity contribution in [3.63, 3.8) is 0 Å². The van der Waals surface area contributed by atoms with E-state index in [9.17, 15) is 22.8 Å². The number of aromatic nitrogens is 2. The molecule has 33 heavy (non-hydrogen) atoms.